The first-order valence-corrected chi connectivity index (χ1v) is 8.75. The highest BCUT2D eigenvalue weighted by Gasteiger charge is 2.36. The van der Waals surface area contributed by atoms with Gasteiger partial charge in [-0.1, -0.05) is 40.5 Å². The lowest BCUT2D eigenvalue weighted by Crippen LogP contribution is -2.30. The smallest absolute Gasteiger partial charge is 0.114 e. The molecule has 3 rings (SSSR count). The maximum atomic E-state index is 5.03. The molecule has 0 unspecified atom stereocenters. The van der Waals surface area contributed by atoms with Crippen LogP contribution in [-0.2, 0) is 24.9 Å². The van der Waals surface area contributed by atoms with Crippen LogP contribution in [0, 0.1) is 5.41 Å². The van der Waals surface area contributed by atoms with Gasteiger partial charge in [0.25, 0.3) is 0 Å². The Bertz CT molecular complexity index is 501. The van der Waals surface area contributed by atoms with Gasteiger partial charge in [-0.3, -0.25) is 0 Å². The summed E-state index contributed by atoms with van der Waals surface area (Å²) in [5.74, 6) is 1.30. The summed E-state index contributed by atoms with van der Waals surface area (Å²) in [7, 11) is 0. The van der Waals surface area contributed by atoms with E-state index in [0.717, 1.165) is 19.5 Å². The van der Waals surface area contributed by atoms with Crippen LogP contribution in [0.25, 0.3) is 0 Å². The lowest BCUT2D eigenvalue weighted by Gasteiger charge is -2.32. The summed E-state index contributed by atoms with van der Waals surface area (Å²) < 4.78 is 2.62. The number of fused-ring (bicyclic) bond motifs is 1. The second kappa shape index (κ2) is 5.42. The summed E-state index contributed by atoms with van der Waals surface area (Å²) in [6.45, 7) is 12.5. The molecule has 0 aromatic carbocycles. The largest absolute Gasteiger partial charge is 0.331 e. The third-order valence-corrected chi connectivity index (χ3v) is 5.57. The van der Waals surface area contributed by atoms with Gasteiger partial charge in [-0.25, -0.2) is 4.98 Å². The third kappa shape index (κ3) is 2.77. The van der Waals surface area contributed by atoms with E-state index in [0.29, 0.717) is 5.41 Å². The first-order valence-electron chi connectivity index (χ1n) is 8.75. The average molecular weight is 289 g/mol. The Morgan fingerprint density at radius 1 is 1.24 bits per heavy atom. The molecule has 0 bridgehead atoms. The number of hydrogen-bond acceptors (Lipinski definition) is 2. The van der Waals surface area contributed by atoms with E-state index in [1.807, 2.05) is 0 Å². The van der Waals surface area contributed by atoms with Gasteiger partial charge in [0.2, 0.25) is 0 Å². The highest BCUT2D eigenvalue weighted by atomic mass is 15.1. The van der Waals surface area contributed by atoms with Crippen molar-refractivity contribution in [3.63, 3.8) is 0 Å². The lowest BCUT2D eigenvalue weighted by molar-refractivity contribution is 0.227. The molecule has 118 valence electrons. The van der Waals surface area contributed by atoms with Crippen LogP contribution < -0.4 is 5.32 Å². The number of rotatable bonds is 3. The number of aromatic nitrogens is 2. The van der Waals surface area contributed by atoms with Crippen molar-refractivity contribution in [1.29, 1.82) is 0 Å². The van der Waals surface area contributed by atoms with Gasteiger partial charge in [0.1, 0.15) is 5.82 Å². The second-order valence-corrected chi connectivity index (χ2v) is 8.15. The molecule has 3 nitrogen and oxygen atoms in total. The van der Waals surface area contributed by atoms with Gasteiger partial charge in [-0.05, 0) is 24.7 Å². The van der Waals surface area contributed by atoms with Gasteiger partial charge < -0.3 is 9.88 Å². The third-order valence-electron chi connectivity index (χ3n) is 5.57. The molecule has 1 fully saturated rings. The van der Waals surface area contributed by atoms with Crippen molar-refractivity contribution in [2.75, 3.05) is 6.54 Å². The number of nitrogens with zero attached hydrogens (tertiary/aromatic N) is 2. The predicted octanol–water partition coefficient (Wildman–Crippen LogP) is 3.80. The van der Waals surface area contributed by atoms with Gasteiger partial charge in [-0.2, -0.15) is 0 Å². The molecule has 1 aromatic heterocycles. The maximum absolute atomic E-state index is 5.03. The van der Waals surface area contributed by atoms with E-state index in [1.165, 1.54) is 55.9 Å². The fourth-order valence-corrected chi connectivity index (χ4v) is 4.20. The van der Waals surface area contributed by atoms with Crippen LogP contribution in [-0.4, -0.2) is 16.1 Å². The maximum Gasteiger partial charge on any atom is 0.114 e. The van der Waals surface area contributed by atoms with Crippen LogP contribution in [0.4, 0.5) is 0 Å². The van der Waals surface area contributed by atoms with Gasteiger partial charge in [0.05, 0.1) is 5.69 Å². The molecule has 0 amide bonds. The molecule has 0 saturated heterocycles. The normalized spacial score (nSPS) is 21.5. The summed E-state index contributed by atoms with van der Waals surface area (Å²) in [6.07, 6.45) is 8.07. The summed E-state index contributed by atoms with van der Waals surface area (Å²) in [6, 6.07) is 0. The van der Waals surface area contributed by atoms with E-state index in [2.05, 4.69) is 37.6 Å². The summed E-state index contributed by atoms with van der Waals surface area (Å²) in [4.78, 5) is 5.03. The second-order valence-electron chi connectivity index (χ2n) is 8.15. The van der Waals surface area contributed by atoms with Crippen LogP contribution in [0.1, 0.15) is 77.0 Å². The Morgan fingerprint density at radius 3 is 2.57 bits per heavy atom. The molecule has 0 radical (unpaired) electrons. The first kappa shape index (κ1) is 15.1. The van der Waals surface area contributed by atoms with Crippen molar-refractivity contribution in [3.05, 3.63) is 17.2 Å². The van der Waals surface area contributed by atoms with Crippen molar-refractivity contribution in [2.45, 2.75) is 84.7 Å². The van der Waals surface area contributed by atoms with Crippen LogP contribution >= 0.6 is 0 Å². The minimum Gasteiger partial charge on any atom is -0.331 e. The fraction of sp³-hybridized carbons (Fsp3) is 0.833. The monoisotopic (exact) mass is 289 g/mol. The fourth-order valence-electron chi connectivity index (χ4n) is 4.20. The lowest BCUT2D eigenvalue weighted by atomic mass is 9.82. The number of hydrogen-bond donors (Lipinski definition) is 1. The minimum atomic E-state index is 0.130. The molecule has 1 aliphatic carbocycles. The van der Waals surface area contributed by atoms with Gasteiger partial charge in [0.15, 0.2) is 0 Å². The van der Waals surface area contributed by atoms with Crippen molar-refractivity contribution in [2.24, 2.45) is 5.41 Å². The highest BCUT2D eigenvalue weighted by molar-refractivity contribution is 5.24. The molecular formula is C18H31N3. The van der Waals surface area contributed by atoms with E-state index in [1.54, 1.807) is 0 Å². The van der Waals surface area contributed by atoms with Gasteiger partial charge >= 0.3 is 0 Å². The minimum absolute atomic E-state index is 0.130. The molecule has 3 heteroatoms. The molecule has 2 aliphatic rings. The topological polar surface area (TPSA) is 29.9 Å². The molecule has 0 spiro atoms. The zero-order valence-electron chi connectivity index (χ0n) is 14.3. The van der Waals surface area contributed by atoms with E-state index in [4.69, 9.17) is 4.98 Å². The molecule has 1 aromatic rings. The van der Waals surface area contributed by atoms with Crippen LogP contribution in [0.15, 0.2) is 0 Å². The quantitative estimate of drug-likeness (QED) is 0.917. The van der Waals surface area contributed by atoms with E-state index in [9.17, 15) is 0 Å². The molecule has 1 saturated carbocycles. The summed E-state index contributed by atoms with van der Waals surface area (Å²) in [5.41, 5.74) is 3.47. The zero-order chi connectivity index (χ0) is 15.1. The van der Waals surface area contributed by atoms with Crippen molar-refractivity contribution < 1.29 is 0 Å². The Morgan fingerprint density at radius 2 is 1.95 bits per heavy atom. The van der Waals surface area contributed by atoms with E-state index >= 15 is 0 Å². The van der Waals surface area contributed by atoms with Crippen LogP contribution in [0.2, 0.25) is 0 Å². The van der Waals surface area contributed by atoms with Crippen molar-refractivity contribution in [3.8, 4) is 0 Å². The Hall–Kier alpha value is -0.830. The highest BCUT2D eigenvalue weighted by Crippen LogP contribution is 2.43. The Labute approximate surface area is 129 Å². The van der Waals surface area contributed by atoms with Gasteiger partial charge in [0, 0.05) is 37.2 Å². The van der Waals surface area contributed by atoms with Crippen LogP contribution in [0.5, 0.6) is 0 Å². The standard InChI is InChI=1S/C18H31N3/c1-5-18(9-6-7-10-18)13-21-15-8-11-19-12-14(15)20-16(21)17(2,3)4/h19H,5-13H2,1-4H3. The molecular weight excluding hydrogens is 258 g/mol. The van der Waals surface area contributed by atoms with E-state index < -0.39 is 0 Å². The first-order chi connectivity index (χ1) is 9.95. The van der Waals surface area contributed by atoms with Crippen LogP contribution in [0.3, 0.4) is 0 Å². The summed E-state index contributed by atoms with van der Waals surface area (Å²) in [5, 5.41) is 3.47. The molecule has 0 atom stereocenters. The Kier molecular flexibility index (Phi) is 3.89. The van der Waals surface area contributed by atoms with Crippen molar-refractivity contribution in [1.82, 2.24) is 14.9 Å². The molecule has 21 heavy (non-hydrogen) atoms. The number of nitrogens with one attached hydrogen (secondary N) is 1. The number of imidazole rings is 1. The summed E-state index contributed by atoms with van der Waals surface area (Å²) >= 11 is 0. The zero-order valence-corrected chi connectivity index (χ0v) is 14.3. The molecule has 2 heterocycles. The van der Waals surface area contributed by atoms with E-state index in [-0.39, 0.29) is 5.41 Å². The predicted molar refractivity (Wildman–Crippen MR) is 87.5 cm³/mol. The average Bonchev–Trinajstić information content (AvgIpc) is 3.05. The Balaban J connectivity index is 2.01. The SMILES string of the molecule is CCC1(Cn2c(C(C)(C)C)nc3c2CCNC3)CCCC1. The molecule has 1 N–H and O–H groups in total. The molecule has 1 aliphatic heterocycles. The van der Waals surface area contributed by atoms with Gasteiger partial charge in [-0.15, -0.1) is 0 Å². The van der Waals surface area contributed by atoms with Crippen molar-refractivity contribution >= 4 is 0 Å².